The Labute approximate surface area is 558 Å². The number of carbonyl (C=O) groups excluding carboxylic acids is 4. The van der Waals surface area contributed by atoms with Gasteiger partial charge in [0.25, 0.3) is 11.8 Å². The topological polar surface area (TPSA) is 384 Å². The first-order valence-corrected chi connectivity index (χ1v) is 34.5. The number of likely N-dealkylation sites (tertiary alicyclic amines) is 1. The summed E-state index contributed by atoms with van der Waals surface area (Å²) < 4.78 is 122. The number of aliphatic hydroxyl groups is 4. The fourth-order valence-corrected chi connectivity index (χ4v) is 12.3. The molecule has 4 amide bonds. The lowest BCUT2D eigenvalue weighted by molar-refractivity contribution is -0.277. The molecule has 0 bridgehead atoms. The van der Waals surface area contributed by atoms with E-state index in [0.717, 1.165) is 18.4 Å². The third-order valence-corrected chi connectivity index (χ3v) is 18.0. The van der Waals surface area contributed by atoms with Crippen molar-refractivity contribution in [2.45, 2.75) is 67.3 Å². The van der Waals surface area contributed by atoms with E-state index in [2.05, 4.69) is 15.3 Å². The zero-order chi connectivity index (χ0) is 68.5. The number of imide groups is 1. The Kier molecular flexibility index (Phi) is 26.1. The Morgan fingerprint density at radius 3 is 2.00 bits per heavy atom. The largest absolute Gasteiger partial charge is 0.501 e. The first kappa shape index (κ1) is 73.1. The number of H-pyrrole nitrogens is 1. The molecule has 5 N–H and O–H groups in total. The number of methoxy groups -OCH3 is 1. The van der Waals surface area contributed by atoms with E-state index in [0.29, 0.717) is 119 Å². The molecule has 31 nitrogen and oxygen atoms in total. The summed E-state index contributed by atoms with van der Waals surface area (Å²) in [6.07, 6.45) is -4.96. The van der Waals surface area contributed by atoms with Gasteiger partial charge in [-0.25, -0.2) is 13.1 Å². The van der Waals surface area contributed by atoms with Gasteiger partial charge in [-0.3, -0.25) is 24.1 Å². The van der Waals surface area contributed by atoms with E-state index >= 15 is 0 Å². The number of anilines is 1. The summed E-state index contributed by atoms with van der Waals surface area (Å²) in [7, 11) is -5.97. The lowest BCUT2D eigenvalue weighted by Crippen LogP contribution is -2.60. The average molecular weight is 1400 g/mol. The van der Waals surface area contributed by atoms with E-state index in [1.54, 1.807) is 35.1 Å². The van der Waals surface area contributed by atoms with Crippen LogP contribution in [-0.2, 0) is 80.7 Å². The number of carbonyl (C=O) groups is 4. The van der Waals surface area contributed by atoms with Crippen LogP contribution in [0.3, 0.4) is 0 Å². The summed E-state index contributed by atoms with van der Waals surface area (Å²) in [6.45, 7) is 4.64. The molecule has 6 aromatic rings. The first-order valence-electron chi connectivity index (χ1n) is 30.8. The second kappa shape index (κ2) is 34.3. The van der Waals surface area contributed by atoms with E-state index in [4.69, 9.17) is 67.3 Å². The molecule has 0 spiro atoms. The van der Waals surface area contributed by atoms with Crippen LogP contribution in [0.25, 0.3) is 21.7 Å². The van der Waals surface area contributed by atoms with Crippen molar-refractivity contribution in [2.24, 2.45) is 0 Å². The predicted molar refractivity (Wildman–Crippen MR) is 340 cm³/mol. The van der Waals surface area contributed by atoms with Crippen LogP contribution >= 0.6 is 11.6 Å². The van der Waals surface area contributed by atoms with Gasteiger partial charge in [0, 0.05) is 91.6 Å². The fourth-order valence-electron chi connectivity index (χ4n) is 10.6. The number of nitrogens with zero attached hydrogens (tertiary/aromatic N) is 6. The van der Waals surface area contributed by atoms with Crippen LogP contribution in [0.1, 0.15) is 50.9 Å². The molecule has 2 saturated heterocycles. The SMILES string of the molecule is COc1ccc2c(OS(=O)(=O)Oc3cc(C(=O)N(C)CCOCCn4cc(CCOCCOCCOCCOCCOCCOCCN5C(=O)CCC5=O)nn4)ccc3O[C@@H]3O[C@H](CO)[C@H](O)[C@H](O)C3O)cc3c(c2c1)[C@H](CCl)CN3C(=O)c1cc2cc(S(C)(=O)=O)ccc2[nH]1. The minimum absolute atomic E-state index is 0.0318. The van der Waals surface area contributed by atoms with Crippen molar-refractivity contribution < 1.29 is 112 Å². The van der Waals surface area contributed by atoms with Crippen LogP contribution in [0.4, 0.5) is 5.69 Å². The number of rotatable bonds is 39. The third kappa shape index (κ3) is 19.1. The molecule has 5 heterocycles. The molecule has 0 saturated carbocycles. The van der Waals surface area contributed by atoms with E-state index < -0.39 is 86.8 Å². The predicted octanol–water partition coefficient (Wildman–Crippen LogP) is 1.77. The van der Waals surface area contributed by atoms with Crippen LogP contribution in [0.15, 0.2) is 77.8 Å². The Hall–Kier alpha value is -7.19. The number of hydrogen-bond acceptors (Lipinski definition) is 26. The molecule has 96 heavy (non-hydrogen) atoms. The minimum Gasteiger partial charge on any atom is -0.497 e. The van der Waals surface area contributed by atoms with Crippen molar-refractivity contribution in [3.8, 4) is 23.0 Å². The summed E-state index contributed by atoms with van der Waals surface area (Å²) >= 11 is 6.57. The van der Waals surface area contributed by atoms with Gasteiger partial charge in [-0.15, -0.1) is 25.1 Å². The number of ether oxygens (including phenoxy) is 10. The fraction of sp³-hybridized carbons (Fsp3) is 0.516. The highest BCUT2D eigenvalue weighted by Crippen LogP contribution is 2.48. The smallest absolute Gasteiger partial charge is 0.497 e. The van der Waals surface area contributed by atoms with E-state index in [1.165, 1.54) is 59.2 Å². The number of alkyl halides is 1. The first-order chi connectivity index (χ1) is 46.2. The summed E-state index contributed by atoms with van der Waals surface area (Å²) in [5.41, 5.74) is 1.93. The maximum Gasteiger partial charge on any atom is 0.501 e. The van der Waals surface area contributed by atoms with Crippen LogP contribution in [-0.4, -0.2) is 266 Å². The molecular weight excluding hydrogens is 1330 g/mol. The molecule has 0 radical (unpaired) electrons. The number of amides is 4. The molecule has 1 unspecified atom stereocenters. The highest BCUT2D eigenvalue weighted by atomic mass is 35.5. The van der Waals surface area contributed by atoms with Gasteiger partial charge in [-0.05, 0) is 71.6 Å². The van der Waals surface area contributed by atoms with Gasteiger partial charge in [0.1, 0.15) is 35.9 Å². The van der Waals surface area contributed by atoms with Gasteiger partial charge in [0.05, 0.1) is 136 Å². The van der Waals surface area contributed by atoms with Crippen LogP contribution in [0.2, 0.25) is 0 Å². The Morgan fingerprint density at radius 1 is 0.719 bits per heavy atom. The number of halogens is 1. The highest BCUT2D eigenvalue weighted by molar-refractivity contribution is 7.90. The monoisotopic (exact) mass is 1400 g/mol. The quantitative estimate of drug-likeness (QED) is 0.0208. The van der Waals surface area contributed by atoms with Crippen molar-refractivity contribution in [3.63, 3.8) is 0 Å². The summed E-state index contributed by atoms with van der Waals surface area (Å²) in [6, 6.07) is 15.4. The Bertz CT molecular complexity index is 3860. The van der Waals surface area contributed by atoms with Crippen LogP contribution in [0, 0.1) is 0 Å². The minimum atomic E-state index is -5.31. The number of aromatic nitrogens is 4. The molecule has 2 aromatic heterocycles. The van der Waals surface area contributed by atoms with Crippen molar-refractivity contribution in [3.05, 3.63) is 95.4 Å². The van der Waals surface area contributed by atoms with E-state index in [1.807, 2.05) is 0 Å². The highest BCUT2D eigenvalue weighted by Gasteiger charge is 2.45. The van der Waals surface area contributed by atoms with Gasteiger partial charge < -0.3 is 90.9 Å². The molecule has 2 fully saturated rings. The number of aliphatic hydroxyl groups excluding tert-OH is 4. The zero-order valence-electron chi connectivity index (χ0n) is 53.0. The lowest BCUT2D eigenvalue weighted by Gasteiger charge is -2.39. The number of benzene rings is 4. The van der Waals surface area contributed by atoms with Crippen molar-refractivity contribution in [1.82, 2.24) is 29.8 Å². The summed E-state index contributed by atoms with van der Waals surface area (Å²) in [5.74, 6) is -3.04. The number of likely N-dealkylation sites (N-methyl/N-ethyl adjacent to an activating group) is 1. The third-order valence-electron chi connectivity index (χ3n) is 15.7. The molecule has 524 valence electrons. The van der Waals surface area contributed by atoms with Crippen LogP contribution < -0.4 is 22.7 Å². The molecule has 9 rings (SSSR count). The van der Waals surface area contributed by atoms with Gasteiger partial charge in [-0.2, -0.15) is 0 Å². The number of sulfone groups is 1. The second-order valence-corrected chi connectivity index (χ2v) is 25.9. The van der Waals surface area contributed by atoms with Crippen molar-refractivity contribution in [1.29, 1.82) is 0 Å². The normalized spacial score (nSPS) is 19.0. The molecule has 3 aliphatic rings. The molecule has 34 heteroatoms. The Balaban J connectivity index is 0.742. The molecular formula is C62H78ClN7O24S2. The number of fused-ring (bicyclic) bond motifs is 4. The molecule has 4 aromatic carbocycles. The summed E-state index contributed by atoms with van der Waals surface area (Å²) in [4.78, 5) is 58.7. The van der Waals surface area contributed by atoms with Gasteiger partial charge in [0.2, 0.25) is 18.1 Å². The molecule has 6 atom stereocenters. The van der Waals surface area contributed by atoms with Crippen molar-refractivity contribution >= 4 is 82.8 Å². The number of nitrogens with one attached hydrogen (secondary N) is 1. The number of aromatic amines is 1. The van der Waals surface area contributed by atoms with Gasteiger partial charge in [0.15, 0.2) is 27.1 Å². The second-order valence-electron chi connectivity index (χ2n) is 22.4. The maximum atomic E-state index is 14.5. The maximum absolute atomic E-state index is 14.5. The Morgan fingerprint density at radius 2 is 1.35 bits per heavy atom. The number of hydrogen-bond donors (Lipinski definition) is 5. The van der Waals surface area contributed by atoms with Crippen molar-refractivity contribution in [2.75, 3.05) is 150 Å². The summed E-state index contributed by atoms with van der Waals surface area (Å²) in [5, 5.41) is 51.2. The molecule has 3 aliphatic heterocycles. The standard InChI is InChI=1S/C62H78ClN7O24S2/c1-67(13-17-85-18-14-68-37-42(65-66-68)12-16-84-20-22-87-24-26-89-28-29-90-27-25-88-23-21-86-19-15-69-54(72)10-11-55(69)73)60(77)39-4-9-50(91-62-59(76)58(75)57(74)53(38-71)92-62)52(32-39)94-96(81,82)93-51-34-49-56(46-33-43(83-2)5-7-45(46)51)41(35-63)36-70(49)61(78)48-31-40-30-44(95(3,79)80)6-8-47(40)64-48/h4-9,30-34,37,41,53,57-59,62,64,71,74-76H,10-29,35-36,38H2,1-3H3/t41-,53-,57+,58+,59?,62-/m1/s1. The van der Waals surface area contributed by atoms with Crippen LogP contribution in [0.5, 0.6) is 23.0 Å². The van der Waals surface area contributed by atoms with Gasteiger partial charge >= 0.3 is 10.4 Å². The zero-order valence-corrected chi connectivity index (χ0v) is 55.4. The average Bonchev–Trinajstić information content (AvgIpc) is 1.51. The van der Waals surface area contributed by atoms with Gasteiger partial charge in [-0.1, -0.05) is 5.21 Å². The molecule has 0 aliphatic carbocycles. The van der Waals surface area contributed by atoms with E-state index in [9.17, 15) is 56.4 Å². The van der Waals surface area contributed by atoms with E-state index in [-0.39, 0.29) is 103 Å². The lowest BCUT2D eigenvalue weighted by atomic mass is 9.95.